The number of anilines is 1. The molecule has 1 aromatic heterocycles. The Kier molecular flexibility index (Phi) is 4.90. The minimum atomic E-state index is -0.184. The van der Waals surface area contributed by atoms with Gasteiger partial charge in [0.1, 0.15) is 0 Å². The van der Waals surface area contributed by atoms with Gasteiger partial charge in [-0.2, -0.15) is 0 Å². The maximum atomic E-state index is 12.4. The summed E-state index contributed by atoms with van der Waals surface area (Å²) in [6.07, 6.45) is 0. The minimum absolute atomic E-state index is 0.184. The molecule has 2 aromatic carbocycles. The smallest absolute Gasteiger partial charge is 0.257 e. The fraction of sp³-hybridized carbons (Fsp3) is 0.111. The molecule has 6 heteroatoms. The van der Waals surface area contributed by atoms with Gasteiger partial charge in [-0.25, -0.2) is 4.98 Å². The van der Waals surface area contributed by atoms with Crippen LogP contribution in [0.3, 0.4) is 0 Å². The number of carbonyl (C=O) groups is 1. The van der Waals surface area contributed by atoms with Gasteiger partial charge in [0, 0.05) is 21.5 Å². The maximum absolute atomic E-state index is 12.4. The zero-order valence-electron chi connectivity index (χ0n) is 13.1. The highest BCUT2D eigenvalue weighted by atomic mass is 35.5. The third-order valence-corrected chi connectivity index (χ3v) is 5.02. The van der Waals surface area contributed by atoms with Crippen molar-refractivity contribution in [3.8, 4) is 11.3 Å². The number of nitrogens with zero attached hydrogens (tertiary/aromatic N) is 1. The third kappa shape index (κ3) is 3.61. The molecule has 0 aliphatic rings. The van der Waals surface area contributed by atoms with Gasteiger partial charge in [-0.3, -0.25) is 10.1 Å². The number of thiazole rings is 1. The van der Waals surface area contributed by atoms with Crippen LogP contribution in [0.15, 0.2) is 41.8 Å². The average Bonchev–Trinajstić information content (AvgIpc) is 3.00. The topological polar surface area (TPSA) is 42.0 Å². The van der Waals surface area contributed by atoms with Crippen LogP contribution in [0.5, 0.6) is 0 Å². The Balaban J connectivity index is 1.82. The summed E-state index contributed by atoms with van der Waals surface area (Å²) in [6.45, 7) is 3.99. The monoisotopic (exact) mass is 376 g/mol. The Bertz CT molecular complexity index is 921. The first-order valence-corrected chi connectivity index (χ1v) is 8.87. The highest BCUT2D eigenvalue weighted by Crippen LogP contribution is 2.32. The summed E-state index contributed by atoms with van der Waals surface area (Å²) >= 11 is 13.5. The van der Waals surface area contributed by atoms with Crippen LogP contribution in [-0.4, -0.2) is 10.9 Å². The molecular weight excluding hydrogens is 363 g/mol. The summed E-state index contributed by atoms with van der Waals surface area (Å²) < 4.78 is 0. The molecule has 0 atom stereocenters. The van der Waals surface area contributed by atoms with E-state index in [2.05, 4.69) is 10.3 Å². The van der Waals surface area contributed by atoms with Gasteiger partial charge in [-0.05, 0) is 55.3 Å². The molecule has 0 spiro atoms. The molecule has 0 saturated heterocycles. The number of amides is 1. The molecule has 1 heterocycles. The van der Waals surface area contributed by atoms with Crippen LogP contribution in [0.2, 0.25) is 10.0 Å². The Morgan fingerprint density at radius 3 is 2.62 bits per heavy atom. The van der Waals surface area contributed by atoms with Gasteiger partial charge in [0.25, 0.3) is 5.91 Å². The standard InChI is InChI=1S/C18H14Cl2N2OS/c1-10-3-4-12(7-11(10)2)17(23)22-18-21-16(9-24-18)14-8-13(19)5-6-15(14)20/h3-9H,1-2H3,(H,21,22,23). The van der Waals surface area contributed by atoms with Gasteiger partial charge in [0.15, 0.2) is 5.13 Å². The second-order valence-corrected chi connectivity index (χ2v) is 7.12. The highest BCUT2D eigenvalue weighted by molar-refractivity contribution is 7.14. The van der Waals surface area contributed by atoms with Crippen molar-refractivity contribution in [1.82, 2.24) is 4.98 Å². The number of benzene rings is 2. The first kappa shape index (κ1) is 17.0. The second-order valence-electron chi connectivity index (χ2n) is 5.42. The van der Waals surface area contributed by atoms with Gasteiger partial charge >= 0.3 is 0 Å². The van der Waals surface area contributed by atoms with Crippen LogP contribution < -0.4 is 5.32 Å². The first-order valence-electron chi connectivity index (χ1n) is 7.23. The predicted molar refractivity (Wildman–Crippen MR) is 101 cm³/mol. The van der Waals surface area contributed by atoms with Crippen molar-refractivity contribution in [2.24, 2.45) is 0 Å². The molecule has 0 aliphatic carbocycles. The van der Waals surface area contributed by atoms with Crippen LogP contribution >= 0.6 is 34.5 Å². The summed E-state index contributed by atoms with van der Waals surface area (Å²) in [6, 6.07) is 10.8. The summed E-state index contributed by atoms with van der Waals surface area (Å²) in [5, 5.41) is 6.33. The van der Waals surface area contributed by atoms with E-state index in [-0.39, 0.29) is 5.91 Å². The van der Waals surface area contributed by atoms with E-state index in [9.17, 15) is 4.79 Å². The summed E-state index contributed by atoms with van der Waals surface area (Å²) in [7, 11) is 0. The maximum Gasteiger partial charge on any atom is 0.257 e. The van der Waals surface area contributed by atoms with E-state index in [1.807, 2.05) is 31.4 Å². The Morgan fingerprint density at radius 1 is 1.08 bits per heavy atom. The number of halogens is 2. The zero-order valence-corrected chi connectivity index (χ0v) is 15.4. The molecule has 0 bridgehead atoms. The van der Waals surface area contributed by atoms with Gasteiger partial charge in [0.05, 0.1) is 10.7 Å². The molecule has 3 nitrogen and oxygen atoms in total. The lowest BCUT2D eigenvalue weighted by Gasteiger charge is -2.05. The molecular formula is C18H14Cl2N2OS. The van der Waals surface area contributed by atoms with E-state index in [0.717, 1.165) is 16.7 Å². The Morgan fingerprint density at radius 2 is 1.88 bits per heavy atom. The van der Waals surface area contributed by atoms with Crippen molar-refractivity contribution < 1.29 is 4.79 Å². The average molecular weight is 377 g/mol. The largest absolute Gasteiger partial charge is 0.298 e. The van der Waals surface area contributed by atoms with Crippen molar-refractivity contribution in [3.63, 3.8) is 0 Å². The lowest BCUT2D eigenvalue weighted by atomic mass is 10.1. The predicted octanol–water partition coefficient (Wildman–Crippen LogP) is 5.99. The van der Waals surface area contributed by atoms with Crippen LogP contribution in [0.4, 0.5) is 5.13 Å². The summed E-state index contributed by atoms with van der Waals surface area (Å²) in [5.74, 6) is -0.184. The molecule has 1 N–H and O–H groups in total. The van der Waals surface area contributed by atoms with E-state index >= 15 is 0 Å². The Labute approximate surface area is 154 Å². The molecule has 0 fully saturated rings. The quantitative estimate of drug-likeness (QED) is 0.610. The van der Waals surface area contributed by atoms with Crippen LogP contribution in [-0.2, 0) is 0 Å². The normalized spacial score (nSPS) is 10.7. The van der Waals surface area contributed by atoms with Crippen molar-refractivity contribution in [2.75, 3.05) is 5.32 Å². The number of aromatic nitrogens is 1. The SMILES string of the molecule is Cc1ccc(C(=O)Nc2nc(-c3cc(Cl)ccc3Cl)cs2)cc1C. The molecule has 0 saturated carbocycles. The van der Waals surface area contributed by atoms with Crippen molar-refractivity contribution >= 4 is 45.6 Å². The minimum Gasteiger partial charge on any atom is -0.298 e. The van der Waals surface area contributed by atoms with E-state index in [4.69, 9.17) is 23.2 Å². The Hall–Kier alpha value is -1.88. The fourth-order valence-corrected chi connectivity index (χ4v) is 3.29. The van der Waals surface area contributed by atoms with E-state index in [1.54, 1.807) is 24.3 Å². The van der Waals surface area contributed by atoms with Crippen LogP contribution in [0.25, 0.3) is 11.3 Å². The molecule has 24 heavy (non-hydrogen) atoms. The zero-order chi connectivity index (χ0) is 17.3. The van der Waals surface area contributed by atoms with Gasteiger partial charge in [0.2, 0.25) is 0 Å². The lowest BCUT2D eigenvalue weighted by molar-refractivity contribution is 0.102. The first-order chi connectivity index (χ1) is 11.4. The summed E-state index contributed by atoms with van der Waals surface area (Å²) in [5.41, 5.74) is 4.26. The molecule has 122 valence electrons. The van der Waals surface area contributed by atoms with Gasteiger partial charge in [-0.1, -0.05) is 29.3 Å². The molecule has 0 unspecified atom stereocenters. The number of carbonyl (C=O) groups excluding carboxylic acids is 1. The number of aryl methyl sites for hydroxylation is 2. The number of nitrogens with one attached hydrogen (secondary N) is 1. The molecule has 3 rings (SSSR count). The number of rotatable bonds is 3. The highest BCUT2D eigenvalue weighted by Gasteiger charge is 2.12. The number of hydrogen-bond acceptors (Lipinski definition) is 3. The van der Waals surface area contributed by atoms with Gasteiger partial charge in [-0.15, -0.1) is 11.3 Å². The van der Waals surface area contributed by atoms with E-state index < -0.39 is 0 Å². The lowest BCUT2D eigenvalue weighted by Crippen LogP contribution is -2.12. The molecule has 0 aliphatic heterocycles. The van der Waals surface area contributed by atoms with Crippen LogP contribution in [0, 0.1) is 13.8 Å². The van der Waals surface area contributed by atoms with Crippen molar-refractivity contribution in [2.45, 2.75) is 13.8 Å². The molecule has 3 aromatic rings. The van der Waals surface area contributed by atoms with Gasteiger partial charge < -0.3 is 0 Å². The fourth-order valence-electron chi connectivity index (χ4n) is 2.20. The number of hydrogen-bond donors (Lipinski definition) is 1. The summed E-state index contributed by atoms with van der Waals surface area (Å²) in [4.78, 5) is 16.8. The van der Waals surface area contributed by atoms with E-state index in [1.165, 1.54) is 11.3 Å². The van der Waals surface area contributed by atoms with E-state index in [0.29, 0.717) is 26.4 Å². The molecule has 1 amide bonds. The third-order valence-electron chi connectivity index (χ3n) is 3.70. The second kappa shape index (κ2) is 6.93. The van der Waals surface area contributed by atoms with Crippen molar-refractivity contribution in [1.29, 1.82) is 0 Å². The van der Waals surface area contributed by atoms with Crippen LogP contribution in [0.1, 0.15) is 21.5 Å². The molecule has 0 radical (unpaired) electrons. The van der Waals surface area contributed by atoms with Crippen molar-refractivity contribution in [3.05, 3.63) is 68.5 Å².